The number of fused-ring (bicyclic) bond motifs is 1. The Balaban J connectivity index is 2.08. The molecule has 0 spiro atoms. The van der Waals surface area contributed by atoms with E-state index in [2.05, 4.69) is 15.3 Å². The fraction of sp³-hybridized carbons (Fsp3) is 0.364. The SMILES string of the molecule is Fc1cc2[nH]c([C@@H]3CCCN3)nc2cc1Cl. The second-order valence-corrected chi connectivity index (χ2v) is 4.46. The number of imidazole rings is 1. The molecule has 1 aromatic heterocycles. The van der Waals surface area contributed by atoms with Crippen LogP contribution < -0.4 is 5.32 Å². The van der Waals surface area contributed by atoms with E-state index in [-0.39, 0.29) is 11.1 Å². The highest BCUT2D eigenvalue weighted by atomic mass is 35.5. The first-order valence-corrected chi connectivity index (χ1v) is 5.70. The van der Waals surface area contributed by atoms with Gasteiger partial charge < -0.3 is 10.3 Å². The molecule has 0 bridgehead atoms. The Labute approximate surface area is 97.0 Å². The highest BCUT2D eigenvalue weighted by Gasteiger charge is 2.19. The third-order valence-electron chi connectivity index (χ3n) is 2.93. The fourth-order valence-electron chi connectivity index (χ4n) is 2.11. The van der Waals surface area contributed by atoms with Gasteiger partial charge in [0.15, 0.2) is 0 Å². The van der Waals surface area contributed by atoms with Crippen molar-refractivity contribution in [2.45, 2.75) is 18.9 Å². The van der Waals surface area contributed by atoms with E-state index < -0.39 is 5.82 Å². The lowest BCUT2D eigenvalue weighted by molar-refractivity contribution is 0.614. The van der Waals surface area contributed by atoms with Crippen molar-refractivity contribution in [1.29, 1.82) is 0 Å². The second-order valence-electron chi connectivity index (χ2n) is 4.05. The zero-order chi connectivity index (χ0) is 11.1. The lowest BCUT2D eigenvalue weighted by Gasteiger charge is -2.04. The number of benzene rings is 1. The monoisotopic (exact) mass is 239 g/mol. The van der Waals surface area contributed by atoms with Gasteiger partial charge in [-0.15, -0.1) is 0 Å². The molecule has 1 fully saturated rings. The lowest BCUT2D eigenvalue weighted by Crippen LogP contribution is -2.13. The zero-order valence-corrected chi connectivity index (χ0v) is 9.31. The minimum atomic E-state index is -0.413. The standard InChI is InChI=1S/C11H11ClFN3/c12-6-4-9-10(5-7(6)13)16-11(15-9)8-2-1-3-14-8/h4-5,8,14H,1-3H2,(H,15,16)/t8-/m0/s1. The Bertz CT molecular complexity index is 492. The Morgan fingerprint density at radius 3 is 3.06 bits per heavy atom. The molecule has 0 unspecified atom stereocenters. The molecule has 84 valence electrons. The van der Waals surface area contributed by atoms with Crippen molar-refractivity contribution >= 4 is 22.6 Å². The first-order chi connectivity index (χ1) is 7.74. The van der Waals surface area contributed by atoms with Crippen LogP contribution in [0.15, 0.2) is 12.1 Å². The maximum atomic E-state index is 13.2. The van der Waals surface area contributed by atoms with E-state index in [1.54, 1.807) is 6.07 Å². The van der Waals surface area contributed by atoms with Gasteiger partial charge in [0.25, 0.3) is 0 Å². The lowest BCUT2D eigenvalue weighted by atomic mass is 10.2. The topological polar surface area (TPSA) is 40.7 Å². The minimum absolute atomic E-state index is 0.116. The quantitative estimate of drug-likeness (QED) is 0.804. The van der Waals surface area contributed by atoms with Gasteiger partial charge in [-0.25, -0.2) is 9.37 Å². The minimum Gasteiger partial charge on any atom is -0.341 e. The number of nitrogens with zero attached hydrogens (tertiary/aromatic N) is 1. The van der Waals surface area contributed by atoms with Gasteiger partial charge in [0.1, 0.15) is 11.6 Å². The van der Waals surface area contributed by atoms with Crippen LogP contribution in [0, 0.1) is 5.82 Å². The summed E-state index contributed by atoms with van der Waals surface area (Å²) in [5.41, 5.74) is 1.42. The molecule has 3 nitrogen and oxygen atoms in total. The van der Waals surface area contributed by atoms with Crippen LogP contribution in [0.2, 0.25) is 5.02 Å². The van der Waals surface area contributed by atoms with Crippen LogP contribution in [0.1, 0.15) is 24.7 Å². The molecule has 1 aliphatic heterocycles. The summed E-state index contributed by atoms with van der Waals surface area (Å²) in [5, 5.41) is 3.46. The van der Waals surface area contributed by atoms with E-state index in [9.17, 15) is 4.39 Å². The maximum absolute atomic E-state index is 13.2. The van der Waals surface area contributed by atoms with Crippen LogP contribution in [-0.2, 0) is 0 Å². The molecule has 2 N–H and O–H groups in total. The first kappa shape index (κ1) is 10.1. The van der Waals surface area contributed by atoms with E-state index in [0.29, 0.717) is 5.52 Å². The van der Waals surface area contributed by atoms with E-state index in [0.717, 1.165) is 30.7 Å². The van der Waals surface area contributed by atoms with Crippen molar-refractivity contribution < 1.29 is 4.39 Å². The molecule has 1 aliphatic rings. The van der Waals surface area contributed by atoms with Gasteiger partial charge in [-0.1, -0.05) is 11.6 Å². The van der Waals surface area contributed by atoms with Gasteiger partial charge in [-0.2, -0.15) is 0 Å². The van der Waals surface area contributed by atoms with E-state index in [1.165, 1.54) is 6.07 Å². The molecule has 1 atom stereocenters. The number of hydrogen-bond acceptors (Lipinski definition) is 2. The van der Waals surface area contributed by atoms with Crippen molar-refractivity contribution in [1.82, 2.24) is 15.3 Å². The summed E-state index contributed by atoms with van der Waals surface area (Å²) in [4.78, 5) is 7.56. The van der Waals surface area contributed by atoms with E-state index >= 15 is 0 Å². The van der Waals surface area contributed by atoms with Crippen LogP contribution in [0.3, 0.4) is 0 Å². The largest absolute Gasteiger partial charge is 0.341 e. The Hall–Kier alpha value is -1.13. The smallest absolute Gasteiger partial charge is 0.144 e. The number of halogens is 2. The van der Waals surface area contributed by atoms with E-state index in [1.807, 2.05) is 0 Å². The summed E-state index contributed by atoms with van der Waals surface area (Å²) < 4.78 is 13.2. The van der Waals surface area contributed by atoms with Crippen LogP contribution in [0.5, 0.6) is 0 Å². The number of aromatic nitrogens is 2. The van der Waals surface area contributed by atoms with Crippen LogP contribution in [-0.4, -0.2) is 16.5 Å². The molecule has 0 amide bonds. The average Bonchev–Trinajstić information content (AvgIpc) is 2.86. The van der Waals surface area contributed by atoms with Crippen molar-refractivity contribution in [2.24, 2.45) is 0 Å². The number of hydrogen-bond donors (Lipinski definition) is 2. The predicted octanol–water partition coefficient (Wildman–Crippen LogP) is 2.78. The van der Waals surface area contributed by atoms with Crippen LogP contribution >= 0.6 is 11.6 Å². The molecule has 0 radical (unpaired) electrons. The van der Waals surface area contributed by atoms with Gasteiger partial charge >= 0.3 is 0 Å². The Morgan fingerprint density at radius 2 is 2.31 bits per heavy atom. The predicted molar refractivity (Wildman–Crippen MR) is 61.0 cm³/mol. The zero-order valence-electron chi connectivity index (χ0n) is 8.56. The van der Waals surface area contributed by atoms with Crippen molar-refractivity contribution in [3.05, 3.63) is 28.8 Å². The molecule has 1 aromatic carbocycles. The normalized spacial score (nSPS) is 20.8. The van der Waals surface area contributed by atoms with Crippen molar-refractivity contribution in [3.63, 3.8) is 0 Å². The molecule has 2 heterocycles. The van der Waals surface area contributed by atoms with Gasteiger partial charge in [-0.05, 0) is 25.5 Å². The summed E-state index contributed by atoms with van der Waals surface area (Å²) in [6, 6.07) is 3.21. The second kappa shape index (κ2) is 3.71. The van der Waals surface area contributed by atoms with Gasteiger partial charge in [0.05, 0.1) is 22.1 Å². The van der Waals surface area contributed by atoms with E-state index in [4.69, 9.17) is 11.6 Å². The van der Waals surface area contributed by atoms with Crippen molar-refractivity contribution in [3.8, 4) is 0 Å². The molecular weight excluding hydrogens is 229 g/mol. The van der Waals surface area contributed by atoms with Gasteiger partial charge in [-0.3, -0.25) is 0 Å². The third-order valence-corrected chi connectivity index (χ3v) is 3.22. The highest BCUT2D eigenvalue weighted by molar-refractivity contribution is 6.31. The van der Waals surface area contributed by atoms with Gasteiger partial charge in [0, 0.05) is 6.07 Å². The number of rotatable bonds is 1. The first-order valence-electron chi connectivity index (χ1n) is 5.32. The summed E-state index contributed by atoms with van der Waals surface area (Å²) >= 11 is 5.71. The summed E-state index contributed by atoms with van der Waals surface area (Å²) in [7, 11) is 0. The summed E-state index contributed by atoms with van der Waals surface area (Å²) in [5.74, 6) is 0.456. The molecule has 5 heteroatoms. The molecule has 16 heavy (non-hydrogen) atoms. The molecule has 0 saturated carbocycles. The molecule has 3 rings (SSSR count). The highest BCUT2D eigenvalue weighted by Crippen LogP contribution is 2.26. The molecule has 2 aromatic rings. The molecule has 0 aliphatic carbocycles. The molecular formula is C11H11ClFN3. The van der Waals surface area contributed by atoms with Crippen LogP contribution in [0.25, 0.3) is 11.0 Å². The number of aromatic amines is 1. The number of nitrogens with one attached hydrogen (secondary N) is 2. The summed E-state index contributed by atoms with van der Waals surface area (Å²) in [6.45, 7) is 1.01. The summed E-state index contributed by atoms with van der Waals surface area (Å²) in [6.07, 6.45) is 2.22. The Morgan fingerprint density at radius 1 is 1.44 bits per heavy atom. The molecule has 1 saturated heterocycles. The maximum Gasteiger partial charge on any atom is 0.144 e. The van der Waals surface area contributed by atoms with Crippen LogP contribution in [0.4, 0.5) is 4.39 Å². The van der Waals surface area contributed by atoms with Gasteiger partial charge in [0.2, 0.25) is 0 Å². The third kappa shape index (κ3) is 1.58. The Kier molecular flexibility index (Phi) is 2.33. The fourth-order valence-corrected chi connectivity index (χ4v) is 2.27. The number of H-pyrrole nitrogens is 1. The average molecular weight is 240 g/mol. The van der Waals surface area contributed by atoms with Crippen molar-refractivity contribution in [2.75, 3.05) is 6.54 Å².